The largest absolute Gasteiger partial charge is 0.380 e. The van der Waals surface area contributed by atoms with Crippen LogP contribution >= 0.6 is 0 Å². The lowest BCUT2D eigenvalue weighted by Gasteiger charge is -2.13. The van der Waals surface area contributed by atoms with Gasteiger partial charge in [0.25, 0.3) is 0 Å². The van der Waals surface area contributed by atoms with E-state index < -0.39 is 15.9 Å². The zero-order chi connectivity index (χ0) is 12.9. The first-order valence-electron chi connectivity index (χ1n) is 5.25. The third-order valence-corrected chi connectivity index (χ3v) is 4.16. The molecule has 0 radical (unpaired) electrons. The molecule has 0 bridgehead atoms. The molecular weight excluding hydrogens is 264 g/mol. The van der Waals surface area contributed by atoms with E-state index in [4.69, 9.17) is 4.74 Å². The lowest BCUT2D eigenvalue weighted by molar-refractivity contribution is -0.119. The van der Waals surface area contributed by atoms with E-state index in [1.165, 1.54) is 26.2 Å². The Morgan fingerprint density at radius 1 is 1.21 bits per heavy atom. The highest BCUT2D eigenvalue weighted by atomic mass is 32.2. The SMILES string of the molecule is C.C.COC(CC(C)=O)CS(=O)(=O)c1ccccc1. The number of carbonyl (C=O) groups excluding carboxylic acids is 1. The number of carbonyl (C=O) groups is 1. The third kappa shape index (κ3) is 6.50. The van der Waals surface area contributed by atoms with Crippen LogP contribution in [0, 0.1) is 0 Å². The second-order valence-electron chi connectivity index (χ2n) is 3.86. The van der Waals surface area contributed by atoms with Crippen LogP contribution in [0.1, 0.15) is 28.2 Å². The quantitative estimate of drug-likeness (QED) is 0.807. The fourth-order valence-electron chi connectivity index (χ4n) is 1.50. The van der Waals surface area contributed by atoms with Crippen LogP contribution in [0.25, 0.3) is 0 Å². The molecule has 0 aliphatic carbocycles. The number of ketones is 1. The summed E-state index contributed by atoms with van der Waals surface area (Å²) < 4.78 is 29.0. The van der Waals surface area contributed by atoms with Crippen molar-refractivity contribution in [1.82, 2.24) is 0 Å². The molecule has 0 saturated carbocycles. The average molecular weight is 288 g/mol. The molecule has 0 fully saturated rings. The standard InChI is InChI=1S/C12H16O4S.2CH4/c1-10(13)8-11(16-2)9-17(14,15)12-6-4-3-5-7-12;;/h3-7,11H,8-9H2,1-2H3;2*1H4. The van der Waals surface area contributed by atoms with Crippen LogP contribution in [-0.4, -0.2) is 33.2 Å². The number of methoxy groups -OCH3 is 1. The molecule has 1 unspecified atom stereocenters. The van der Waals surface area contributed by atoms with E-state index in [0.717, 1.165) is 0 Å². The van der Waals surface area contributed by atoms with Crippen molar-refractivity contribution in [3.05, 3.63) is 30.3 Å². The Labute approximate surface area is 116 Å². The van der Waals surface area contributed by atoms with Crippen molar-refractivity contribution in [2.75, 3.05) is 12.9 Å². The van der Waals surface area contributed by atoms with Gasteiger partial charge in [0.15, 0.2) is 9.84 Å². The molecule has 19 heavy (non-hydrogen) atoms. The van der Waals surface area contributed by atoms with Gasteiger partial charge in [-0.25, -0.2) is 8.42 Å². The van der Waals surface area contributed by atoms with Gasteiger partial charge >= 0.3 is 0 Å². The van der Waals surface area contributed by atoms with E-state index >= 15 is 0 Å². The molecule has 110 valence electrons. The predicted octanol–water partition coefficient (Wildman–Crippen LogP) is 2.73. The maximum Gasteiger partial charge on any atom is 0.180 e. The summed E-state index contributed by atoms with van der Waals surface area (Å²) in [7, 11) is -1.98. The maximum atomic E-state index is 12.0. The molecule has 1 rings (SSSR count). The van der Waals surface area contributed by atoms with E-state index in [1.807, 2.05) is 0 Å². The average Bonchev–Trinajstić information content (AvgIpc) is 2.28. The van der Waals surface area contributed by atoms with E-state index in [0.29, 0.717) is 0 Å². The minimum atomic E-state index is -3.39. The van der Waals surface area contributed by atoms with Crippen molar-refractivity contribution in [3.63, 3.8) is 0 Å². The van der Waals surface area contributed by atoms with Gasteiger partial charge in [0.2, 0.25) is 0 Å². The fraction of sp³-hybridized carbons (Fsp3) is 0.500. The molecule has 0 N–H and O–H groups in total. The summed E-state index contributed by atoms with van der Waals surface area (Å²) in [6, 6.07) is 8.16. The summed E-state index contributed by atoms with van der Waals surface area (Å²) in [5.74, 6) is -0.257. The van der Waals surface area contributed by atoms with Gasteiger partial charge in [-0.05, 0) is 19.1 Å². The fourth-order valence-corrected chi connectivity index (χ4v) is 3.01. The number of benzene rings is 1. The monoisotopic (exact) mass is 288 g/mol. The molecule has 1 aromatic carbocycles. The Balaban J connectivity index is 0. The molecule has 4 nitrogen and oxygen atoms in total. The van der Waals surface area contributed by atoms with Crippen LogP contribution < -0.4 is 0 Å². The van der Waals surface area contributed by atoms with Crippen LogP contribution in [-0.2, 0) is 19.4 Å². The second-order valence-corrected chi connectivity index (χ2v) is 5.89. The number of ether oxygens (including phenoxy) is 1. The van der Waals surface area contributed by atoms with Crippen LogP contribution in [0.5, 0.6) is 0 Å². The van der Waals surface area contributed by atoms with Gasteiger partial charge in [-0.3, -0.25) is 4.79 Å². The highest BCUT2D eigenvalue weighted by molar-refractivity contribution is 7.91. The molecular formula is C14H24O4S. The van der Waals surface area contributed by atoms with Gasteiger partial charge in [0, 0.05) is 13.5 Å². The summed E-state index contributed by atoms with van der Waals surface area (Å²) in [6.07, 6.45) is -0.472. The molecule has 0 amide bonds. The van der Waals surface area contributed by atoms with Crippen LogP contribution in [0.4, 0.5) is 0 Å². The summed E-state index contributed by atoms with van der Waals surface area (Å²) in [6.45, 7) is 1.42. The van der Waals surface area contributed by atoms with E-state index in [-0.39, 0.29) is 37.7 Å². The van der Waals surface area contributed by atoms with Gasteiger partial charge in [-0.15, -0.1) is 0 Å². The van der Waals surface area contributed by atoms with Crippen molar-refractivity contribution in [2.45, 2.75) is 39.2 Å². The van der Waals surface area contributed by atoms with Crippen molar-refractivity contribution < 1.29 is 17.9 Å². The first kappa shape index (κ1) is 20.1. The Morgan fingerprint density at radius 2 is 1.74 bits per heavy atom. The minimum absolute atomic E-state index is 0. The van der Waals surface area contributed by atoms with Gasteiger partial charge < -0.3 is 4.74 Å². The number of Topliss-reactive ketones (excluding diaryl/α,β-unsaturated/α-hetero) is 1. The lowest BCUT2D eigenvalue weighted by Crippen LogP contribution is -2.25. The zero-order valence-electron chi connectivity index (χ0n) is 9.92. The Morgan fingerprint density at radius 3 is 2.16 bits per heavy atom. The summed E-state index contributed by atoms with van der Waals surface area (Å²) in [5, 5.41) is 0. The lowest BCUT2D eigenvalue weighted by atomic mass is 10.2. The first-order chi connectivity index (χ1) is 7.95. The van der Waals surface area contributed by atoms with E-state index in [9.17, 15) is 13.2 Å². The van der Waals surface area contributed by atoms with Crippen molar-refractivity contribution in [2.24, 2.45) is 0 Å². The molecule has 1 atom stereocenters. The smallest absolute Gasteiger partial charge is 0.180 e. The zero-order valence-corrected chi connectivity index (χ0v) is 10.7. The predicted molar refractivity (Wildman–Crippen MR) is 78.1 cm³/mol. The molecule has 0 aliphatic rings. The van der Waals surface area contributed by atoms with Gasteiger partial charge in [0.1, 0.15) is 5.78 Å². The highest BCUT2D eigenvalue weighted by Crippen LogP contribution is 2.13. The number of hydrogen-bond donors (Lipinski definition) is 0. The van der Waals surface area contributed by atoms with Crippen molar-refractivity contribution >= 4 is 15.6 Å². The Kier molecular flexibility index (Phi) is 9.35. The van der Waals surface area contributed by atoms with Crippen LogP contribution in [0.2, 0.25) is 0 Å². The first-order valence-corrected chi connectivity index (χ1v) is 6.91. The third-order valence-electron chi connectivity index (χ3n) is 2.36. The van der Waals surface area contributed by atoms with Gasteiger partial charge in [0.05, 0.1) is 16.8 Å². The number of sulfone groups is 1. The second kappa shape index (κ2) is 8.82. The Hall–Kier alpha value is -1.20. The summed E-state index contributed by atoms with van der Waals surface area (Å²) in [5.41, 5.74) is 0. The number of rotatable bonds is 6. The van der Waals surface area contributed by atoms with Crippen molar-refractivity contribution in [1.29, 1.82) is 0 Å². The highest BCUT2D eigenvalue weighted by Gasteiger charge is 2.21. The van der Waals surface area contributed by atoms with E-state index in [2.05, 4.69) is 0 Å². The minimum Gasteiger partial charge on any atom is -0.380 e. The topological polar surface area (TPSA) is 60.4 Å². The molecule has 0 aromatic heterocycles. The van der Waals surface area contributed by atoms with Crippen molar-refractivity contribution in [3.8, 4) is 0 Å². The van der Waals surface area contributed by atoms with E-state index in [1.54, 1.807) is 18.2 Å². The molecule has 1 aromatic rings. The molecule has 0 aliphatic heterocycles. The summed E-state index contributed by atoms with van der Waals surface area (Å²) >= 11 is 0. The van der Waals surface area contributed by atoms with Crippen LogP contribution in [0.3, 0.4) is 0 Å². The van der Waals surface area contributed by atoms with Gasteiger partial charge in [-0.1, -0.05) is 33.1 Å². The molecule has 0 spiro atoms. The maximum absolute atomic E-state index is 12.0. The normalized spacial score (nSPS) is 11.9. The molecule has 5 heteroatoms. The van der Waals surface area contributed by atoms with Gasteiger partial charge in [-0.2, -0.15) is 0 Å². The Bertz CT molecular complexity index is 465. The molecule has 0 heterocycles. The molecule has 0 saturated heterocycles. The number of hydrogen-bond acceptors (Lipinski definition) is 4. The van der Waals surface area contributed by atoms with Crippen LogP contribution in [0.15, 0.2) is 35.2 Å². The summed E-state index contributed by atoms with van der Waals surface area (Å²) in [4.78, 5) is 11.2.